The van der Waals surface area contributed by atoms with Crippen molar-refractivity contribution in [1.29, 1.82) is 0 Å². The lowest BCUT2D eigenvalue weighted by Crippen LogP contribution is -2.29. The van der Waals surface area contributed by atoms with Crippen LogP contribution in [0.5, 0.6) is 0 Å². The second-order valence-electron chi connectivity index (χ2n) is 7.94. The van der Waals surface area contributed by atoms with E-state index in [4.69, 9.17) is 4.98 Å². The van der Waals surface area contributed by atoms with E-state index in [0.717, 1.165) is 12.1 Å². The summed E-state index contributed by atoms with van der Waals surface area (Å²) in [5.74, 6) is 1.00. The first-order valence-corrected chi connectivity index (χ1v) is 11.4. The quantitative estimate of drug-likeness (QED) is 0.419. The van der Waals surface area contributed by atoms with E-state index in [-0.39, 0.29) is 17.2 Å². The van der Waals surface area contributed by atoms with Crippen LogP contribution >= 0.6 is 11.8 Å². The average molecular weight is 424 g/mol. The van der Waals surface area contributed by atoms with Crippen LogP contribution < -0.4 is 10.9 Å². The Hall–Kier alpha value is -2.60. The highest BCUT2D eigenvalue weighted by Crippen LogP contribution is 2.24. The van der Waals surface area contributed by atoms with Crippen LogP contribution in [0, 0.1) is 5.92 Å². The molecule has 1 amide bonds. The zero-order valence-electron chi connectivity index (χ0n) is 18.0. The third kappa shape index (κ3) is 5.11. The molecule has 158 valence electrons. The molecule has 5 nitrogen and oxygen atoms in total. The van der Waals surface area contributed by atoms with E-state index in [1.807, 2.05) is 30.3 Å². The second kappa shape index (κ2) is 9.94. The maximum Gasteiger partial charge on any atom is 0.266 e. The fraction of sp³-hybridized carbons (Fsp3) is 0.375. The van der Waals surface area contributed by atoms with Gasteiger partial charge in [0.05, 0.1) is 22.3 Å². The van der Waals surface area contributed by atoms with Crippen LogP contribution in [-0.4, -0.2) is 27.8 Å². The molecule has 3 aromatic rings. The van der Waals surface area contributed by atoms with Gasteiger partial charge in [0.1, 0.15) is 0 Å². The first-order chi connectivity index (χ1) is 14.4. The molecule has 1 N–H and O–H groups in total. The summed E-state index contributed by atoms with van der Waals surface area (Å²) < 4.78 is 1.61. The molecule has 1 atom stereocenters. The molecule has 0 saturated heterocycles. The van der Waals surface area contributed by atoms with Crippen molar-refractivity contribution in [2.45, 2.75) is 45.2 Å². The number of aromatic nitrogens is 2. The Labute approximate surface area is 181 Å². The van der Waals surface area contributed by atoms with Crippen molar-refractivity contribution in [2.24, 2.45) is 5.92 Å². The van der Waals surface area contributed by atoms with Gasteiger partial charge in [0.2, 0.25) is 5.91 Å². The summed E-state index contributed by atoms with van der Waals surface area (Å²) in [4.78, 5) is 30.2. The summed E-state index contributed by atoms with van der Waals surface area (Å²) in [6.07, 6.45) is 1.06. The number of benzene rings is 2. The topological polar surface area (TPSA) is 64.0 Å². The zero-order valence-corrected chi connectivity index (χ0v) is 18.8. The predicted molar refractivity (Wildman–Crippen MR) is 125 cm³/mol. The fourth-order valence-corrected chi connectivity index (χ4v) is 3.97. The molecule has 0 bridgehead atoms. The van der Waals surface area contributed by atoms with Crippen LogP contribution in [0.25, 0.3) is 16.6 Å². The van der Waals surface area contributed by atoms with Gasteiger partial charge < -0.3 is 5.32 Å². The molecular formula is C24H29N3O2S. The van der Waals surface area contributed by atoms with Gasteiger partial charge in [-0.05, 0) is 48.1 Å². The molecule has 6 heteroatoms. The Kier molecular flexibility index (Phi) is 7.32. The van der Waals surface area contributed by atoms with E-state index < -0.39 is 0 Å². The SMILES string of the molecule is CC[C@@H](C)c1ccc(-n2c(SCC(=O)NCC(C)C)nc3ccccc3c2=O)cc1. The van der Waals surface area contributed by atoms with Gasteiger partial charge in [0, 0.05) is 6.54 Å². The van der Waals surface area contributed by atoms with Crippen LogP contribution in [-0.2, 0) is 4.79 Å². The van der Waals surface area contributed by atoms with Crippen molar-refractivity contribution >= 4 is 28.6 Å². The van der Waals surface area contributed by atoms with Crippen molar-refractivity contribution in [2.75, 3.05) is 12.3 Å². The monoisotopic (exact) mass is 423 g/mol. The molecular weight excluding hydrogens is 394 g/mol. The molecule has 0 spiro atoms. The number of amides is 1. The minimum atomic E-state index is -0.123. The molecule has 0 radical (unpaired) electrons. The molecule has 0 unspecified atom stereocenters. The maximum atomic E-state index is 13.3. The minimum Gasteiger partial charge on any atom is -0.355 e. The van der Waals surface area contributed by atoms with Crippen LogP contribution in [0.1, 0.15) is 45.6 Å². The number of rotatable bonds is 8. The van der Waals surface area contributed by atoms with E-state index in [9.17, 15) is 9.59 Å². The molecule has 0 aliphatic rings. The Morgan fingerprint density at radius 1 is 1.10 bits per heavy atom. The number of carbonyl (C=O) groups is 1. The van der Waals surface area contributed by atoms with Crippen LogP contribution in [0.2, 0.25) is 0 Å². The Morgan fingerprint density at radius 2 is 1.80 bits per heavy atom. The first-order valence-electron chi connectivity index (χ1n) is 10.4. The Bertz CT molecular complexity index is 1070. The summed E-state index contributed by atoms with van der Waals surface area (Å²) in [5.41, 5.74) is 2.52. The summed E-state index contributed by atoms with van der Waals surface area (Å²) in [6.45, 7) is 9.09. The minimum absolute atomic E-state index is 0.0604. The highest BCUT2D eigenvalue weighted by molar-refractivity contribution is 7.99. The molecule has 0 fully saturated rings. The number of nitrogens with zero attached hydrogens (tertiary/aromatic N) is 2. The van der Waals surface area contributed by atoms with Gasteiger partial charge in [-0.15, -0.1) is 0 Å². The molecule has 1 aromatic heterocycles. The molecule has 1 heterocycles. The highest BCUT2D eigenvalue weighted by Gasteiger charge is 2.15. The third-order valence-electron chi connectivity index (χ3n) is 5.12. The normalized spacial score (nSPS) is 12.3. The van der Waals surface area contributed by atoms with Gasteiger partial charge in [-0.25, -0.2) is 4.98 Å². The lowest BCUT2D eigenvalue weighted by Gasteiger charge is -2.15. The smallest absolute Gasteiger partial charge is 0.266 e. The summed E-state index contributed by atoms with van der Waals surface area (Å²) >= 11 is 1.29. The van der Waals surface area contributed by atoms with Crippen molar-refractivity contribution in [3.05, 3.63) is 64.4 Å². The highest BCUT2D eigenvalue weighted by atomic mass is 32.2. The first kappa shape index (κ1) is 22.1. The van der Waals surface area contributed by atoms with E-state index in [0.29, 0.717) is 34.4 Å². The van der Waals surface area contributed by atoms with Gasteiger partial charge in [0.25, 0.3) is 5.56 Å². The van der Waals surface area contributed by atoms with E-state index in [2.05, 4.69) is 45.1 Å². The summed E-state index contributed by atoms with van der Waals surface area (Å²) in [6, 6.07) is 15.4. The largest absolute Gasteiger partial charge is 0.355 e. The van der Waals surface area contributed by atoms with Gasteiger partial charge in [-0.3, -0.25) is 14.2 Å². The summed E-state index contributed by atoms with van der Waals surface area (Å²) in [5, 5.41) is 4.00. The third-order valence-corrected chi connectivity index (χ3v) is 6.06. The Morgan fingerprint density at radius 3 is 2.47 bits per heavy atom. The number of hydrogen-bond donors (Lipinski definition) is 1. The number of thioether (sulfide) groups is 1. The fourth-order valence-electron chi connectivity index (χ4n) is 3.12. The van der Waals surface area contributed by atoms with Crippen molar-refractivity contribution in [3.63, 3.8) is 0 Å². The lowest BCUT2D eigenvalue weighted by molar-refractivity contribution is -0.118. The molecule has 3 rings (SSSR count). The standard InChI is InChI=1S/C24H29N3O2S/c1-5-17(4)18-10-12-19(13-11-18)27-23(29)20-8-6-7-9-21(20)26-24(27)30-15-22(28)25-14-16(2)3/h6-13,16-17H,5,14-15H2,1-4H3,(H,25,28)/t17-/m1/s1. The molecule has 0 aliphatic carbocycles. The van der Waals surface area contributed by atoms with Gasteiger partial charge in [0.15, 0.2) is 5.16 Å². The van der Waals surface area contributed by atoms with Crippen molar-refractivity contribution < 1.29 is 4.79 Å². The van der Waals surface area contributed by atoms with Crippen molar-refractivity contribution in [1.82, 2.24) is 14.9 Å². The molecule has 0 aliphatic heterocycles. The number of nitrogens with one attached hydrogen (secondary N) is 1. The van der Waals surface area contributed by atoms with E-state index >= 15 is 0 Å². The summed E-state index contributed by atoms with van der Waals surface area (Å²) in [7, 11) is 0. The predicted octanol–water partition coefficient (Wildman–Crippen LogP) is 4.76. The van der Waals surface area contributed by atoms with Gasteiger partial charge in [-0.1, -0.05) is 63.7 Å². The zero-order chi connectivity index (χ0) is 21.7. The van der Waals surface area contributed by atoms with Gasteiger partial charge >= 0.3 is 0 Å². The van der Waals surface area contributed by atoms with Crippen LogP contribution in [0.15, 0.2) is 58.5 Å². The lowest BCUT2D eigenvalue weighted by atomic mass is 9.98. The molecule has 2 aromatic carbocycles. The second-order valence-corrected chi connectivity index (χ2v) is 8.88. The number of carbonyl (C=O) groups excluding carboxylic acids is 1. The number of hydrogen-bond acceptors (Lipinski definition) is 4. The van der Waals surface area contributed by atoms with E-state index in [1.165, 1.54) is 17.3 Å². The average Bonchev–Trinajstić information content (AvgIpc) is 2.76. The van der Waals surface area contributed by atoms with Gasteiger partial charge in [-0.2, -0.15) is 0 Å². The molecule has 30 heavy (non-hydrogen) atoms. The van der Waals surface area contributed by atoms with E-state index in [1.54, 1.807) is 10.6 Å². The molecule has 0 saturated carbocycles. The maximum absolute atomic E-state index is 13.3. The van der Waals surface area contributed by atoms with Crippen molar-refractivity contribution in [3.8, 4) is 5.69 Å². The number of para-hydroxylation sites is 1. The van der Waals surface area contributed by atoms with Crippen LogP contribution in [0.3, 0.4) is 0 Å². The van der Waals surface area contributed by atoms with Crippen LogP contribution in [0.4, 0.5) is 0 Å². The number of fused-ring (bicyclic) bond motifs is 1. The Balaban J connectivity index is 1.99.